The summed E-state index contributed by atoms with van der Waals surface area (Å²) in [5, 5.41) is 2.98. The molecule has 116 valence electrons. The largest absolute Gasteiger partial charge is 0.497 e. The van der Waals surface area contributed by atoms with Crippen LogP contribution in [0.1, 0.15) is 35.1 Å². The molecule has 0 N–H and O–H groups in total. The third-order valence-electron chi connectivity index (χ3n) is 4.05. The van der Waals surface area contributed by atoms with Crippen molar-refractivity contribution in [3.8, 4) is 5.75 Å². The number of benzene rings is 1. The number of carbonyl (C=O) groups is 1. The van der Waals surface area contributed by atoms with E-state index < -0.39 is 0 Å². The van der Waals surface area contributed by atoms with Gasteiger partial charge in [-0.25, -0.2) is 4.98 Å². The van der Waals surface area contributed by atoms with E-state index in [1.54, 1.807) is 18.4 Å². The molecular formula is C17H20N2O2S. The van der Waals surface area contributed by atoms with Crippen LogP contribution in [-0.2, 0) is 11.2 Å². The van der Waals surface area contributed by atoms with Crippen LogP contribution in [0.4, 0.5) is 0 Å². The van der Waals surface area contributed by atoms with Crippen LogP contribution in [0.5, 0.6) is 5.75 Å². The monoisotopic (exact) mass is 316 g/mol. The Morgan fingerprint density at radius 3 is 3.09 bits per heavy atom. The minimum atomic E-state index is 0.155. The van der Waals surface area contributed by atoms with E-state index >= 15 is 0 Å². The Balaban J connectivity index is 1.75. The molecule has 1 aliphatic heterocycles. The van der Waals surface area contributed by atoms with Crippen molar-refractivity contribution in [1.82, 2.24) is 9.88 Å². The van der Waals surface area contributed by atoms with Gasteiger partial charge in [0.1, 0.15) is 5.75 Å². The number of likely N-dealkylation sites (tertiary alicyclic amines) is 1. The summed E-state index contributed by atoms with van der Waals surface area (Å²) < 4.78 is 5.30. The molecule has 1 amide bonds. The molecule has 0 saturated carbocycles. The molecule has 5 heteroatoms. The predicted octanol–water partition coefficient (Wildman–Crippen LogP) is 3.37. The summed E-state index contributed by atoms with van der Waals surface area (Å²) in [6, 6.07) is 8.18. The fourth-order valence-electron chi connectivity index (χ4n) is 3.01. The van der Waals surface area contributed by atoms with Crippen LogP contribution in [0.2, 0.25) is 0 Å². The molecule has 2 aromatic rings. The molecular weight excluding hydrogens is 296 g/mol. The average Bonchev–Trinajstić information content (AvgIpc) is 3.16. The molecule has 4 nitrogen and oxygen atoms in total. The summed E-state index contributed by atoms with van der Waals surface area (Å²) >= 11 is 1.59. The molecule has 1 saturated heterocycles. The fourth-order valence-corrected chi connectivity index (χ4v) is 3.62. The lowest BCUT2D eigenvalue weighted by Crippen LogP contribution is -2.31. The molecule has 22 heavy (non-hydrogen) atoms. The lowest BCUT2D eigenvalue weighted by atomic mass is 10.0. The van der Waals surface area contributed by atoms with E-state index in [4.69, 9.17) is 4.74 Å². The highest BCUT2D eigenvalue weighted by Gasteiger charge is 2.30. The van der Waals surface area contributed by atoms with Crippen molar-refractivity contribution in [3.05, 3.63) is 45.9 Å². The summed E-state index contributed by atoms with van der Waals surface area (Å²) in [5.74, 6) is 1.00. The number of methoxy groups -OCH3 is 1. The van der Waals surface area contributed by atoms with Crippen molar-refractivity contribution in [1.29, 1.82) is 0 Å². The number of carbonyl (C=O) groups excluding carboxylic acids is 1. The van der Waals surface area contributed by atoms with E-state index in [1.807, 2.05) is 35.4 Å². The fraction of sp³-hybridized carbons (Fsp3) is 0.412. The summed E-state index contributed by atoms with van der Waals surface area (Å²) in [6.07, 6.45) is 2.45. The van der Waals surface area contributed by atoms with E-state index in [0.29, 0.717) is 6.42 Å². The number of amides is 1. The van der Waals surface area contributed by atoms with Crippen molar-refractivity contribution in [3.63, 3.8) is 0 Å². The zero-order valence-electron chi connectivity index (χ0n) is 12.9. The van der Waals surface area contributed by atoms with Crippen LogP contribution in [-0.4, -0.2) is 29.4 Å². The van der Waals surface area contributed by atoms with E-state index in [1.165, 1.54) is 0 Å². The Hall–Kier alpha value is -1.88. The summed E-state index contributed by atoms with van der Waals surface area (Å²) in [6.45, 7) is 2.79. The molecule has 1 aromatic carbocycles. The van der Waals surface area contributed by atoms with Crippen LogP contribution < -0.4 is 4.74 Å². The molecule has 1 aromatic heterocycles. The maximum atomic E-state index is 12.6. The first-order valence-electron chi connectivity index (χ1n) is 7.52. The SMILES string of the molecule is COc1cccc(C2CCCN2C(=O)Cc2csc(C)n2)c1. The van der Waals surface area contributed by atoms with Gasteiger partial charge in [-0.15, -0.1) is 11.3 Å². The molecule has 0 bridgehead atoms. The molecule has 2 heterocycles. The second-order valence-electron chi connectivity index (χ2n) is 5.56. The number of ether oxygens (including phenoxy) is 1. The summed E-state index contributed by atoms with van der Waals surface area (Å²) in [5.41, 5.74) is 2.03. The molecule has 3 rings (SSSR count). The number of hydrogen-bond donors (Lipinski definition) is 0. The van der Waals surface area contributed by atoms with Gasteiger partial charge in [-0.2, -0.15) is 0 Å². The number of rotatable bonds is 4. The van der Waals surface area contributed by atoms with Crippen molar-refractivity contribution in [2.24, 2.45) is 0 Å². The minimum absolute atomic E-state index is 0.155. The zero-order chi connectivity index (χ0) is 15.5. The first kappa shape index (κ1) is 15.0. The third-order valence-corrected chi connectivity index (χ3v) is 4.87. The van der Waals surface area contributed by atoms with Crippen molar-refractivity contribution in [2.45, 2.75) is 32.2 Å². The van der Waals surface area contributed by atoms with E-state index in [0.717, 1.165) is 41.4 Å². The summed E-state index contributed by atoms with van der Waals surface area (Å²) in [4.78, 5) is 19.0. The standard InChI is InChI=1S/C17H20N2O2S/c1-12-18-14(11-22-12)10-17(20)19-8-4-7-16(19)13-5-3-6-15(9-13)21-2/h3,5-6,9,11,16H,4,7-8,10H2,1-2H3. The lowest BCUT2D eigenvalue weighted by molar-refractivity contribution is -0.131. The van der Waals surface area contributed by atoms with E-state index in [-0.39, 0.29) is 11.9 Å². The topological polar surface area (TPSA) is 42.4 Å². The Morgan fingerprint density at radius 2 is 2.36 bits per heavy atom. The second kappa shape index (κ2) is 6.48. The molecule has 0 spiro atoms. The van der Waals surface area contributed by atoms with Gasteiger partial charge in [0.25, 0.3) is 0 Å². The molecule has 1 atom stereocenters. The normalized spacial score (nSPS) is 17.7. The first-order valence-corrected chi connectivity index (χ1v) is 8.40. The Morgan fingerprint density at radius 1 is 1.50 bits per heavy atom. The van der Waals surface area contributed by atoms with E-state index in [9.17, 15) is 4.79 Å². The highest BCUT2D eigenvalue weighted by Crippen LogP contribution is 2.33. The van der Waals surface area contributed by atoms with Crippen molar-refractivity contribution < 1.29 is 9.53 Å². The number of nitrogens with zero attached hydrogens (tertiary/aromatic N) is 2. The lowest BCUT2D eigenvalue weighted by Gasteiger charge is -2.25. The number of hydrogen-bond acceptors (Lipinski definition) is 4. The van der Waals surface area contributed by atoms with Crippen LogP contribution in [0.15, 0.2) is 29.6 Å². The van der Waals surface area contributed by atoms with Crippen molar-refractivity contribution in [2.75, 3.05) is 13.7 Å². The minimum Gasteiger partial charge on any atom is -0.497 e. The van der Waals surface area contributed by atoms with E-state index in [2.05, 4.69) is 11.1 Å². The molecule has 0 radical (unpaired) electrons. The van der Waals surface area contributed by atoms with Gasteiger partial charge in [0.2, 0.25) is 5.91 Å². The molecule has 0 aliphatic carbocycles. The highest BCUT2D eigenvalue weighted by molar-refractivity contribution is 7.09. The van der Waals surface area contributed by atoms with Gasteiger partial charge in [0.05, 0.1) is 30.3 Å². The first-order chi connectivity index (χ1) is 10.7. The van der Waals surface area contributed by atoms with Crippen molar-refractivity contribution >= 4 is 17.2 Å². The smallest absolute Gasteiger partial charge is 0.229 e. The number of thiazole rings is 1. The Labute approximate surface area is 134 Å². The van der Waals surface area contributed by atoms with Gasteiger partial charge in [-0.3, -0.25) is 4.79 Å². The quantitative estimate of drug-likeness (QED) is 0.868. The predicted molar refractivity (Wildman–Crippen MR) is 87.2 cm³/mol. The molecule has 1 fully saturated rings. The maximum absolute atomic E-state index is 12.6. The van der Waals surface area contributed by atoms with Gasteiger partial charge >= 0.3 is 0 Å². The van der Waals surface area contributed by atoms with Gasteiger partial charge in [-0.1, -0.05) is 12.1 Å². The number of aromatic nitrogens is 1. The van der Waals surface area contributed by atoms with Gasteiger partial charge in [0, 0.05) is 11.9 Å². The van der Waals surface area contributed by atoms with Gasteiger partial charge in [-0.05, 0) is 37.5 Å². The second-order valence-corrected chi connectivity index (χ2v) is 6.62. The van der Waals surface area contributed by atoms with Gasteiger partial charge in [0.15, 0.2) is 0 Å². The molecule has 1 unspecified atom stereocenters. The number of aryl methyl sites for hydroxylation is 1. The third kappa shape index (κ3) is 3.14. The van der Waals surface area contributed by atoms with Crippen LogP contribution >= 0.6 is 11.3 Å². The van der Waals surface area contributed by atoms with Crippen LogP contribution in [0.25, 0.3) is 0 Å². The highest BCUT2D eigenvalue weighted by atomic mass is 32.1. The van der Waals surface area contributed by atoms with Gasteiger partial charge < -0.3 is 9.64 Å². The zero-order valence-corrected chi connectivity index (χ0v) is 13.7. The maximum Gasteiger partial charge on any atom is 0.229 e. The summed E-state index contributed by atoms with van der Waals surface area (Å²) in [7, 11) is 1.67. The Kier molecular flexibility index (Phi) is 4.43. The van der Waals surface area contributed by atoms with Crippen LogP contribution in [0, 0.1) is 6.92 Å². The average molecular weight is 316 g/mol. The Bertz CT molecular complexity index is 668. The van der Waals surface area contributed by atoms with Crippen LogP contribution in [0.3, 0.4) is 0 Å². The molecule has 1 aliphatic rings.